The Morgan fingerprint density at radius 2 is 2.47 bits per heavy atom. The standard InChI is InChI=1S/C9H17N5O/c1-14-7-8(6-12-14)11-5-3-2-4-9(10)13-15/h6-7,11,15H,2-5H2,1H3,(H2,10,13). The summed E-state index contributed by atoms with van der Waals surface area (Å²) in [6, 6.07) is 0. The summed E-state index contributed by atoms with van der Waals surface area (Å²) in [5.74, 6) is 0.288. The van der Waals surface area contributed by atoms with Gasteiger partial charge in [-0.05, 0) is 12.8 Å². The highest BCUT2D eigenvalue weighted by Crippen LogP contribution is 2.04. The fourth-order valence-electron chi connectivity index (χ4n) is 1.23. The van der Waals surface area contributed by atoms with Crippen molar-refractivity contribution in [1.82, 2.24) is 9.78 Å². The second-order valence-electron chi connectivity index (χ2n) is 3.38. The number of unbranched alkanes of at least 4 members (excludes halogenated alkanes) is 1. The van der Waals surface area contributed by atoms with Gasteiger partial charge in [0.15, 0.2) is 0 Å². The number of aryl methyl sites for hydroxylation is 1. The normalized spacial score (nSPS) is 11.7. The van der Waals surface area contributed by atoms with Crippen LogP contribution in [0, 0.1) is 0 Å². The molecule has 4 N–H and O–H groups in total. The summed E-state index contributed by atoms with van der Waals surface area (Å²) in [4.78, 5) is 0. The molecule has 0 radical (unpaired) electrons. The summed E-state index contributed by atoms with van der Waals surface area (Å²) in [6.07, 6.45) is 6.21. The van der Waals surface area contributed by atoms with Crippen molar-refractivity contribution in [2.45, 2.75) is 19.3 Å². The molecule has 0 atom stereocenters. The first kappa shape index (κ1) is 11.4. The first-order valence-corrected chi connectivity index (χ1v) is 4.91. The molecule has 6 nitrogen and oxygen atoms in total. The van der Waals surface area contributed by atoms with E-state index in [2.05, 4.69) is 15.6 Å². The summed E-state index contributed by atoms with van der Waals surface area (Å²) in [5, 5.41) is 18.5. The smallest absolute Gasteiger partial charge is 0.139 e. The van der Waals surface area contributed by atoms with E-state index in [9.17, 15) is 0 Å². The Balaban J connectivity index is 2.07. The van der Waals surface area contributed by atoms with Crippen LogP contribution in [0.2, 0.25) is 0 Å². The molecule has 6 heteroatoms. The third kappa shape index (κ3) is 4.35. The number of hydrogen-bond acceptors (Lipinski definition) is 4. The third-order valence-corrected chi connectivity index (χ3v) is 2.02. The summed E-state index contributed by atoms with van der Waals surface area (Å²) in [6.45, 7) is 0.865. The van der Waals surface area contributed by atoms with Crippen molar-refractivity contribution in [2.24, 2.45) is 17.9 Å². The first-order valence-electron chi connectivity index (χ1n) is 4.91. The Morgan fingerprint density at radius 3 is 3.07 bits per heavy atom. The fourth-order valence-corrected chi connectivity index (χ4v) is 1.23. The van der Waals surface area contributed by atoms with Crippen LogP contribution in [0.4, 0.5) is 5.69 Å². The number of amidine groups is 1. The monoisotopic (exact) mass is 211 g/mol. The molecule has 1 aromatic heterocycles. The van der Waals surface area contributed by atoms with E-state index in [0.29, 0.717) is 6.42 Å². The highest BCUT2D eigenvalue weighted by Gasteiger charge is 1.96. The molecule has 0 aliphatic carbocycles. The molecule has 15 heavy (non-hydrogen) atoms. The predicted octanol–water partition coefficient (Wildman–Crippen LogP) is 0.749. The third-order valence-electron chi connectivity index (χ3n) is 2.02. The molecular weight excluding hydrogens is 194 g/mol. The molecule has 0 spiro atoms. The molecule has 0 unspecified atom stereocenters. The lowest BCUT2D eigenvalue weighted by atomic mass is 10.2. The maximum atomic E-state index is 8.31. The SMILES string of the molecule is Cn1cc(NCCCCC(N)=NO)cn1. The van der Waals surface area contributed by atoms with Crippen LogP contribution >= 0.6 is 0 Å². The maximum Gasteiger partial charge on any atom is 0.139 e. The van der Waals surface area contributed by atoms with Crippen LogP contribution in [-0.4, -0.2) is 27.4 Å². The van der Waals surface area contributed by atoms with Gasteiger partial charge in [-0.2, -0.15) is 5.10 Å². The van der Waals surface area contributed by atoms with E-state index in [4.69, 9.17) is 10.9 Å². The van der Waals surface area contributed by atoms with Crippen molar-refractivity contribution < 1.29 is 5.21 Å². The van der Waals surface area contributed by atoms with E-state index in [-0.39, 0.29) is 5.84 Å². The minimum absolute atomic E-state index is 0.288. The molecular formula is C9H17N5O. The first-order chi connectivity index (χ1) is 7.22. The second-order valence-corrected chi connectivity index (χ2v) is 3.38. The highest BCUT2D eigenvalue weighted by molar-refractivity contribution is 5.79. The van der Waals surface area contributed by atoms with E-state index < -0.39 is 0 Å². The maximum absolute atomic E-state index is 8.31. The molecule has 1 aromatic rings. The Labute approximate surface area is 88.8 Å². The number of oxime groups is 1. The number of aromatic nitrogens is 2. The number of nitrogens with zero attached hydrogens (tertiary/aromatic N) is 3. The number of nitrogens with one attached hydrogen (secondary N) is 1. The van der Waals surface area contributed by atoms with Gasteiger partial charge in [0.25, 0.3) is 0 Å². The van der Waals surface area contributed by atoms with Gasteiger partial charge in [0.2, 0.25) is 0 Å². The number of anilines is 1. The van der Waals surface area contributed by atoms with E-state index in [1.807, 2.05) is 13.2 Å². The van der Waals surface area contributed by atoms with Crippen molar-refractivity contribution in [3.8, 4) is 0 Å². The van der Waals surface area contributed by atoms with Gasteiger partial charge >= 0.3 is 0 Å². The van der Waals surface area contributed by atoms with Crippen molar-refractivity contribution in [3.63, 3.8) is 0 Å². The van der Waals surface area contributed by atoms with Crippen molar-refractivity contribution in [1.29, 1.82) is 0 Å². The molecule has 0 saturated carbocycles. The zero-order valence-electron chi connectivity index (χ0n) is 8.85. The van der Waals surface area contributed by atoms with Gasteiger partial charge in [-0.3, -0.25) is 4.68 Å². The van der Waals surface area contributed by atoms with Gasteiger partial charge in [0, 0.05) is 26.2 Å². The van der Waals surface area contributed by atoms with Gasteiger partial charge in [-0.25, -0.2) is 0 Å². The Hall–Kier alpha value is -1.72. The Kier molecular flexibility index (Phi) is 4.46. The summed E-state index contributed by atoms with van der Waals surface area (Å²) in [7, 11) is 1.88. The Bertz CT molecular complexity index is 320. The van der Waals surface area contributed by atoms with Crippen LogP contribution in [0.5, 0.6) is 0 Å². The number of nitrogens with two attached hydrogens (primary N) is 1. The van der Waals surface area contributed by atoms with Crippen LogP contribution in [0.15, 0.2) is 17.5 Å². The molecule has 0 aliphatic heterocycles. The quantitative estimate of drug-likeness (QED) is 0.213. The van der Waals surface area contributed by atoms with Crippen LogP contribution < -0.4 is 11.1 Å². The van der Waals surface area contributed by atoms with Gasteiger partial charge in [0.1, 0.15) is 5.84 Å². The zero-order chi connectivity index (χ0) is 11.1. The van der Waals surface area contributed by atoms with E-state index in [0.717, 1.165) is 25.1 Å². The lowest BCUT2D eigenvalue weighted by molar-refractivity contribution is 0.316. The lowest BCUT2D eigenvalue weighted by Gasteiger charge is -2.02. The predicted molar refractivity (Wildman–Crippen MR) is 59.0 cm³/mol. The van der Waals surface area contributed by atoms with E-state index in [1.54, 1.807) is 10.9 Å². The number of hydrogen-bond donors (Lipinski definition) is 3. The molecule has 1 rings (SSSR count). The molecule has 0 aromatic carbocycles. The molecule has 0 aliphatic rings. The van der Waals surface area contributed by atoms with E-state index in [1.165, 1.54) is 0 Å². The topological polar surface area (TPSA) is 88.5 Å². The molecule has 84 valence electrons. The van der Waals surface area contributed by atoms with Gasteiger partial charge < -0.3 is 16.3 Å². The molecule has 1 heterocycles. The number of rotatable bonds is 6. The Morgan fingerprint density at radius 1 is 1.67 bits per heavy atom. The fraction of sp³-hybridized carbons (Fsp3) is 0.556. The second kappa shape index (κ2) is 5.90. The van der Waals surface area contributed by atoms with Crippen molar-refractivity contribution >= 4 is 11.5 Å². The summed E-state index contributed by atoms with van der Waals surface area (Å²) >= 11 is 0. The minimum atomic E-state index is 0.288. The van der Waals surface area contributed by atoms with Crippen molar-refractivity contribution in [3.05, 3.63) is 12.4 Å². The van der Waals surface area contributed by atoms with Gasteiger partial charge in [0.05, 0.1) is 11.9 Å². The van der Waals surface area contributed by atoms with Crippen LogP contribution in [0.25, 0.3) is 0 Å². The van der Waals surface area contributed by atoms with Crippen LogP contribution in [-0.2, 0) is 7.05 Å². The van der Waals surface area contributed by atoms with Crippen LogP contribution in [0.1, 0.15) is 19.3 Å². The van der Waals surface area contributed by atoms with Gasteiger partial charge in [-0.15, -0.1) is 0 Å². The highest BCUT2D eigenvalue weighted by atomic mass is 16.4. The van der Waals surface area contributed by atoms with E-state index >= 15 is 0 Å². The zero-order valence-corrected chi connectivity index (χ0v) is 8.85. The summed E-state index contributed by atoms with van der Waals surface area (Å²) in [5.41, 5.74) is 6.35. The molecule has 0 bridgehead atoms. The molecule has 0 saturated heterocycles. The van der Waals surface area contributed by atoms with Crippen LogP contribution in [0.3, 0.4) is 0 Å². The molecule has 0 amide bonds. The summed E-state index contributed by atoms with van der Waals surface area (Å²) < 4.78 is 1.75. The average Bonchev–Trinajstić information content (AvgIpc) is 2.63. The lowest BCUT2D eigenvalue weighted by Crippen LogP contribution is -2.11. The largest absolute Gasteiger partial charge is 0.409 e. The van der Waals surface area contributed by atoms with Crippen molar-refractivity contribution in [2.75, 3.05) is 11.9 Å². The van der Waals surface area contributed by atoms with Gasteiger partial charge in [-0.1, -0.05) is 5.16 Å². The molecule has 0 fully saturated rings. The average molecular weight is 211 g/mol. The minimum Gasteiger partial charge on any atom is -0.409 e.